The molecular formula is C9H15N3O2S. The van der Waals surface area contributed by atoms with E-state index in [4.69, 9.17) is 5.73 Å². The molecule has 0 amide bonds. The average Bonchev–Trinajstić information content (AvgIpc) is 2.17. The van der Waals surface area contributed by atoms with Gasteiger partial charge in [0, 0.05) is 18.3 Å². The molecule has 1 rings (SSSR count). The molecule has 3 N–H and O–H groups in total. The van der Waals surface area contributed by atoms with Crippen molar-refractivity contribution in [2.24, 2.45) is 5.73 Å². The van der Waals surface area contributed by atoms with Crippen LogP contribution in [0.2, 0.25) is 0 Å². The zero-order chi connectivity index (χ0) is 11.3. The van der Waals surface area contributed by atoms with E-state index < -0.39 is 10.0 Å². The topological polar surface area (TPSA) is 85.1 Å². The number of nitrogens with two attached hydrogens (primary N) is 1. The number of nitrogens with zero attached hydrogens (tertiary/aromatic N) is 1. The highest BCUT2D eigenvalue weighted by atomic mass is 32.2. The van der Waals surface area contributed by atoms with E-state index in [1.165, 1.54) is 6.20 Å². The van der Waals surface area contributed by atoms with Gasteiger partial charge in [0.05, 0.1) is 5.75 Å². The number of rotatable bonds is 5. The van der Waals surface area contributed by atoms with Crippen LogP contribution in [0.5, 0.6) is 0 Å². The van der Waals surface area contributed by atoms with Gasteiger partial charge in [-0.15, -0.1) is 0 Å². The van der Waals surface area contributed by atoms with Crippen LogP contribution in [0.25, 0.3) is 0 Å². The molecule has 0 radical (unpaired) electrons. The second kappa shape index (κ2) is 5.09. The standard InChI is InChI=1S/C9H15N3O2S/c1-2-6-15(13,14)12-9-8(7-10)4-3-5-11-9/h3-5H,2,6-7,10H2,1H3,(H,11,12). The smallest absolute Gasteiger partial charge is 0.233 e. The van der Waals surface area contributed by atoms with E-state index in [1.807, 2.05) is 6.92 Å². The fraction of sp³-hybridized carbons (Fsp3) is 0.444. The first-order valence-electron chi connectivity index (χ1n) is 4.73. The van der Waals surface area contributed by atoms with Gasteiger partial charge in [-0.1, -0.05) is 13.0 Å². The summed E-state index contributed by atoms with van der Waals surface area (Å²) >= 11 is 0. The molecular weight excluding hydrogens is 214 g/mol. The fourth-order valence-electron chi connectivity index (χ4n) is 1.16. The summed E-state index contributed by atoms with van der Waals surface area (Å²) < 4.78 is 25.4. The minimum absolute atomic E-state index is 0.0909. The van der Waals surface area contributed by atoms with Crippen LogP contribution in [0.1, 0.15) is 18.9 Å². The molecule has 5 nitrogen and oxygen atoms in total. The van der Waals surface area contributed by atoms with Gasteiger partial charge in [-0.3, -0.25) is 4.72 Å². The lowest BCUT2D eigenvalue weighted by Gasteiger charge is -2.09. The van der Waals surface area contributed by atoms with E-state index in [-0.39, 0.29) is 12.3 Å². The first-order valence-corrected chi connectivity index (χ1v) is 6.38. The SMILES string of the molecule is CCCS(=O)(=O)Nc1ncccc1CN. The van der Waals surface area contributed by atoms with Crippen molar-refractivity contribution in [2.75, 3.05) is 10.5 Å². The van der Waals surface area contributed by atoms with Crippen molar-refractivity contribution in [3.63, 3.8) is 0 Å². The lowest BCUT2D eigenvalue weighted by Crippen LogP contribution is -2.18. The van der Waals surface area contributed by atoms with Gasteiger partial charge in [0.15, 0.2) is 0 Å². The summed E-state index contributed by atoms with van der Waals surface area (Å²) in [5, 5.41) is 0. The highest BCUT2D eigenvalue weighted by Crippen LogP contribution is 2.12. The predicted octanol–water partition coefficient (Wildman–Crippen LogP) is 0.692. The number of hydrogen-bond acceptors (Lipinski definition) is 4. The van der Waals surface area contributed by atoms with E-state index in [9.17, 15) is 8.42 Å². The molecule has 15 heavy (non-hydrogen) atoms. The minimum Gasteiger partial charge on any atom is -0.326 e. The number of sulfonamides is 1. The molecule has 0 aromatic carbocycles. The molecule has 0 atom stereocenters. The normalized spacial score (nSPS) is 11.3. The minimum atomic E-state index is -3.29. The summed E-state index contributed by atoms with van der Waals surface area (Å²) in [4.78, 5) is 3.95. The molecule has 0 fully saturated rings. The summed E-state index contributed by atoms with van der Waals surface area (Å²) in [6, 6.07) is 3.47. The highest BCUT2D eigenvalue weighted by molar-refractivity contribution is 7.92. The molecule has 1 aromatic heterocycles. The van der Waals surface area contributed by atoms with E-state index in [1.54, 1.807) is 12.1 Å². The van der Waals surface area contributed by atoms with Gasteiger partial charge in [0.1, 0.15) is 5.82 Å². The molecule has 0 aliphatic carbocycles. The van der Waals surface area contributed by atoms with Gasteiger partial charge in [-0.05, 0) is 12.5 Å². The van der Waals surface area contributed by atoms with Crippen molar-refractivity contribution >= 4 is 15.8 Å². The molecule has 0 unspecified atom stereocenters. The lowest BCUT2D eigenvalue weighted by atomic mass is 10.3. The van der Waals surface area contributed by atoms with Crippen LogP contribution >= 0.6 is 0 Å². The van der Waals surface area contributed by atoms with Crippen molar-refractivity contribution in [3.8, 4) is 0 Å². The molecule has 6 heteroatoms. The second-order valence-corrected chi connectivity index (χ2v) is 4.98. The third-order valence-electron chi connectivity index (χ3n) is 1.84. The Morgan fingerprint density at radius 2 is 2.27 bits per heavy atom. The van der Waals surface area contributed by atoms with E-state index in [0.717, 1.165) is 0 Å². The molecule has 1 heterocycles. The Morgan fingerprint density at radius 1 is 1.53 bits per heavy atom. The second-order valence-electron chi connectivity index (χ2n) is 3.14. The third kappa shape index (κ3) is 3.49. The van der Waals surface area contributed by atoms with Crippen molar-refractivity contribution in [2.45, 2.75) is 19.9 Å². The summed E-state index contributed by atoms with van der Waals surface area (Å²) in [5.74, 6) is 0.418. The molecule has 0 bridgehead atoms. The van der Waals surface area contributed by atoms with Crippen LogP contribution in [0.4, 0.5) is 5.82 Å². The molecule has 0 saturated heterocycles. The Bertz CT molecular complexity index is 417. The maximum atomic E-state index is 11.5. The summed E-state index contributed by atoms with van der Waals surface area (Å²) in [5.41, 5.74) is 6.16. The van der Waals surface area contributed by atoms with Crippen LogP contribution in [-0.2, 0) is 16.6 Å². The van der Waals surface area contributed by atoms with Crippen molar-refractivity contribution in [1.82, 2.24) is 4.98 Å². The molecule has 0 spiro atoms. The maximum absolute atomic E-state index is 11.5. The van der Waals surface area contributed by atoms with Gasteiger partial charge < -0.3 is 5.73 Å². The van der Waals surface area contributed by atoms with Crippen LogP contribution in [0.3, 0.4) is 0 Å². The quantitative estimate of drug-likeness (QED) is 0.778. The molecule has 84 valence electrons. The van der Waals surface area contributed by atoms with Crippen molar-refractivity contribution in [1.29, 1.82) is 0 Å². The molecule has 0 aliphatic rings. The molecule has 1 aromatic rings. The highest BCUT2D eigenvalue weighted by Gasteiger charge is 2.11. The molecule has 0 saturated carbocycles. The lowest BCUT2D eigenvalue weighted by molar-refractivity contribution is 0.599. The van der Waals surface area contributed by atoms with Crippen molar-refractivity contribution < 1.29 is 8.42 Å². The van der Waals surface area contributed by atoms with Crippen LogP contribution in [0, 0.1) is 0 Å². The van der Waals surface area contributed by atoms with Gasteiger partial charge in [-0.2, -0.15) is 0 Å². The van der Waals surface area contributed by atoms with E-state index >= 15 is 0 Å². The number of aromatic nitrogens is 1. The summed E-state index contributed by atoms with van der Waals surface area (Å²) in [6.07, 6.45) is 2.10. The zero-order valence-electron chi connectivity index (χ0n) is 8.60. The first kappa shape index (κ1) is 11.9. The zero-order valence-corrected chi connectivity index (χ0v) is 9.42. The Kier molecular flexibility index (Phi) is 4.05. The Labute approximate surface area is 89.8 Å². The largest absolute Gasteiger partial charge is 0.326 e. The summed E-state index contributed by atoms with van der Waals surface area (Å²) in [7, 11) is -3.29. The van der Waals surface area contributed by atoms with Crippen molar-refractivity contribution in [3.05, 3.63) is 23.9 Å². The van der Waals surface area contributed by atoms with Crippen LogP contribution in [0.15, 0.2) is 18.3 Å². The number of anilines is 1. The van der Waals surface area contributed by atoms with E-state index in [0.29, 0.717) is 17.8 Å². The van der Waals surface area contributed by atoms with Gasteiger partial charge >= 0.3 is 0 Å². The first-order chi connectivity index (χ1) is 7.09. The van der Waals surface area contributed by atoms with E-state index in [2.05, 4.69) is 9.71 Å². The number of nitrogens with one attached hydrogen (secondary N) is 1. The maximum Gasteiger partial charge on any atom is 0.233 e. The van der Waals surface area contributed by atoms with Gasteiger partial charge in [-0.25, -0.2) is 13.4 Å². The number of hydrogen-bond donors (Lipinski definition) is 2. The average molecular weight is 229 g/mol. The summed E-state index contributed by atoms with van der Waals surface area (Å²) in [6.45, 7) is 2.07. The third-order valence-corrected chi connectivity index (χ3v) is 3.29. The monoisotopic (exact) mass is 229 g/mol. The fourth-order valence-corrected chi connectivity index (χ4v) is 2.28. The Morgan fingerprint density at radius 3 is 2.87 bits per heavy atom. The Balaban J connectivity index is 2.89. The Hall–Kier alpha value is -1.14. The number of pyridine rings is 1. The molecule has 0 aliphatic heterocycles. The predicted molar refractivity (Wildman–Crippen MR) is 59.8 cm³/mol. The van der Waals surface area contributed by atoms with Crippen LogP contribution in [-0.4, -0.2) is 19.2 Å². The van der Waals surface area contributed by atoms with Crippen LogP contribution < -0.4 is 10.5 Å². The van der Waals surface area contributed by atoms with Gasteiger partial charge in [0.2, 0.25) is 10.0 Å². The van der Waals surface area contributed by atoms with Gasteiger partial charge in [0.25, 0.3) is 0 Å².